The molecule has 1 aromatic rings. The molecule has 0 atom stereocenters. The first-order chi connectivity index (χ1) is 8.27. The summed E-state index contributed by atoms with van der Waals surface area (Å²) in [5.41, 5.74) is 0.530. The number of furan rings is 1. The van der Waals surface area contributed by atoms with E-state index in [0.29, 0.717) is 18.5 Å². The lowest BCUT2D eigenvalue weighted by molar-refractivity contribution is -0.127. The molecule has 0 aliphatic carbocycles. The van der Waals surface area contributed by atoms with E-state index in [1.165, 1.54) is 12.5 Å². The van der Waals surface area contributed by atoms with Crippen molar-refractivity contribution in [3.05, 3.63) is 24.2 Å². The van der Waals surface area contributed by atoms with Crippen molar-refractivity contribution < 1.29 is 14.0 Å². The maximum atomic E-state index is 11.5. The van der Waals surface area contributed by atoms with Crippen LogP contribution in [0.1, 0.15) is 29.6 Å². The van der Waals surface area contributed by atoms with Gasteiger partial charge in [0.2, 0.25) is 5.91 Å². The van der Waals surface area contributed by atoms with Crippen LogP contribution in [-0.4, -0.2) is 36.3 Å². The zero-order chi connectivity index (χ0) is 12.1. The molecule has 0 spiro atoms. The van der Waals surface area contributed by atoms with Crippen LogP contribution in [0, 0.1) is 0 Å². The van der Waals surface area contributed by atoms with Gasteiger partial charge in [-0.3, -0.25) is 9.59 Å². The first kappa shape index (κ1) is 11.7. The highest BCUT2D eigenvalue weighted by Gasteiger charge is 2.19. The molecule has 5 heteroatoms. The van der Waals surface area contributed by atoms with Crippen molar-refractivity contribution in [1.29, 1.82) is 0 Å². The summed E-state index contributed by atoms with van der Waals surface area (Å²) >= 11 is 0. The molecular formula is C12H16N2O3. The smallest absolute Gasteiger partial charge is 0.254 e. The summed E-state index contributed by atoms with van der Waals surface area (Å²) in [6.07, 6.45) is 5.30. The highest BCUT2D eigenvalue weighted by atomic mass is 16.3. The minimum atomic E-state index is -0.133. The van der Waals surface area contributed by atoms with E-state index in [0.717, 1.165) is 25.9 Å². The minimum absolute atomic E-state index is 0.133. The largest absolute Gasteiger partial charge is 0.472 e. The first-order valence-electron chi connectivity index (χ1n) is 5.85. The number of likely N-dealkylation sites (tertiary alicyclic amines) is 1. The van der Waals surface area contributed by atoms with E-state index >= 15 is 0 Å². The molecule has 0 aromatic carbocycles. The minimum Gasteiger partial charge on any atom is -0.472 e. The van der Waals surface area contributed by atoms with Gasteiger partial charge in [-0.15, -0.1) is 0 Å². The molecular weight excluding hydrogens is 220 g/mol. The number of hydrogen-bond acceptors (Lipinski definition) is 3. The summed E-state index contributed by atoms with van der Waals surface area (Å²) in [6.45, 7) is 2.16. The van der Waals surface area contributed by atoms with Crippen molar-refractivity contribution in [2.75, 3.05) is 19.6 Å². The number of carbonyl (C=O) groups is 2. The summed E-state index contributed by atoms with van der Waals surface area (Å²) in [7, 11) is 0. The molecule has 17 heavy (non-hydrogen) atoms. The third-order valence-electron chi connectivity index (χ3n) is 2.85. The Morgan fingerprint density at radius 3 is 3.06 bits per heavy atom. The Bertz CT molecular complexity index is 386. The second-order valence-corrected chi connectivity index (χ2v) is 4.11. The van der Waals surface area contributed by atoms with E-state index in [1.54, 1.807) is 6.07 Å². The van der Waals surface area contributed by atoms with Gasteiger partial charge in [-0.2, -0.15) is 0 Å². The first-order valence-corrected chi connectivity index (χ1v) is 5.85. The van der Waals surface area contributed by atoms with Crippen LogP contribution in [0.25, 0.3) is 0 Å². The van der Waals surface area contributed by atoms with Gasteiger partial charge in [-0.25, -0.2) is 0 Å². The Morgan fingerprint density at radius 1 is 1.53 bits per heavy atom. The second kappa shape index (κ2) is 5.52. The fourth-order valence-corrected chi connectivity index (χ4v) is 1.91. The summed E-state index contributed by atoms with van der Waals surface area (Å²) in [5, 5.41) is 2.79. The van der Waals surface area contributed by atoms with Crippen molar-refractivity contribution in [2.45, 2.75) is 19.3 Å². The molecule has 1 N–H and O–H groups in total. The standard InChI is InChI=1S/C12H16N2O3/c15-11-3-1-6-14(11)7-2-5-13-12(16)10-4-8-17-9-10/h4,8-9H,1-3,5-7H2,(H,13,16). The number of nitrogens with one attached hydrogen (secondary N) is 1. The third kappa shape index (κ3) is 3.09. The maximum absolute atomic E-state index is 11.5. The van der Waals surface area contributed by atoms with Crippen LogP contribution in [0.15, 0.2) is 23.0 Å². The van der Waals surface area contributed by atoms with Gasteiger partial charge in [0, 0.05) is 26.1 Å². The van der Waals surface area contributed by atoms with Gasteiger partial charge >= 0.3 is 0 Å². The number of nitrogens with zero attached hydrogens (tertiary/aromatic N) is 1. The van der Waals surface area contributed by atoms with Gasteiger partial charge in [0.25, 0.3) is 5.91 Å². The van der Waals surface area contributed by atoms with Crippen molar-refractivity contribution in [3.63, 3.8) is 0 Å². The summed E-state index contributed by atoms with van der Waals surface area (Å²) in [4.78, 5) is 24.7. The van der Waals surface area contributed by atoms with Gasteiger partial charge < -0.3 is 14.6 Å². The fourth-order valence-electron chi connectivity index (χ4n) is 1.91. The summed E-state index contributed by atoms with van der Waals surface area (Å²) in [5.74, 6) is 0.0951. The van der Waals surface area contributed by atoms with Gasteiger partial charge in [-0.1, -0.05) is 0 Å². The number of carbonyl (C=O) groups excluding carboxylic acids is 2. The van der Waals surface area contributed by atoms with E-state index in [2.05, 4.69) is 5.32 Å². The van der Waals surface area contributed by atoms with Crippen LogP contribution < -0.4 is 5.32 Å². The molecule has 1 fully saturated rings. The highest BCUT2D eigenvalue weighted by Crippen LogP contribution is 2.09. The molecule has 0 saturated carbocycles. The molecule has 1 aliphatic heterocycles. The SMILES string of the molecule is O=C(NCCCN1CCCC1=O)c1ccoc1. The third-order valence-corrected chi connectivity index (χ3v) is 2.85. The molecule has 0 bridgehead atoms. The Hall–Kier alpha value is -1.78. The van der Waals surface area contributed by atoms with E-state index < -0.39 is 0 Å². The lowest BCUT2D eigenvalue weighted by Gasteiger charge is -2.15. The number of amides is 2. The monoisotopic (exact) mass is 236 g/mol. The van der Waals surface area contributed by atoms with Gasteiger partial charge in [0.15, 0.2) is 0 Å². The van der Waals surface area contributed by atoms with Crippen molar-refractivity contribution >= 4 is 11.8 Å². The highest BCUT2D eigenvalue weighted by molar-refractivity contribution is 5.93. The molecule has 0 unspecified atom stereocenters. The van der Waals surface area contributed by atoms with Crippen molar-refractivity contribution in [1.82, 2.24) is 10.2 Å². The van der Waals surface area contributed by atoms with Gasteiger partial charge in [-0.05, 0) is 18.9 Å². The Labute approximate surface area is 99.8 Å². The van der Waals surface area contributed by atoms with Crippen LogP contribution in [-0.2, 0) is 4.79 Å². The lowest BCUT2D eigenvalue weighted by atomic mass is 10.3. The predicted molar refractivity (Wildman–Crippen MR) is 61.5 cm³/mol. The zero-order valence-corrected chi connectivity index (χ0v) is 9.65. The predicted octanol–water partition coefficient (Wildman–Crippen LogP) is 1.02. The topological polar surface area (TPSA) is 62.6 Å². The van der Waals surface area contributed by atoms with E-state index in [9.17, 15) is 9.59 Å². The number of rotatable bonds is 5. The maximum Gasteiger partial charge on any atom is 0.254 e. The van der Waals surface area contributed by atoms with Crippen LogP contribution in [0.3, 0.4) is 0 Å². The molecule has 1 aromatic heterocycles. The average Bonchev–Trinajstić information content (AvgIpc) is 2.96. The van der Waals surface area contributed by atoms with Crippen LogP contribution in [0.4, 0.5) is 0 Å². The molecule has 5 nitrogen and oxygen atoms in total. The van der Waals surface area contributed by atoms with Crippen molar-refractivity contribution in [3.8, 4) is 0 Å². The normalized spacial score (nSPS) is 15.3. The van der Waals surface area contributed by atoms with E-state index in [1.807, 2.05) is 4.90 Å². The van der Waals surface area contributed by atoms with Crippen LogP contribution in [0.5, 0.6) is 0 Å². The van der Waals surface area contributed by atoms with Crippen molar-refractivity contribution in [2.24, 2.45) is 0 Å². The number of hydrogen-bond donors (Lipinski definition) is 1. The lowest BCUT2D eigenvalue weighted by Crippen LogP contribution is -2.30. The second-order valence-electron chi connectivity index (χ2n) is 4.11. The molecule has 2 rings (SSSR count). The zero-order valence-electron chi connectivity index (χ0n) is 9.65. The Kier molecular flexibility index (Phi) is 3.80. The quantitative estimate of drug-likeness (QED) is 0.776. The Balaban J connectivity index is 1.63. The van der Waals surface area contributed by atoms with E-state index in [-0.39, 0.29) is 11.8 Å². The fraction of sp³-hybridized carbons (Fsp3) is 0.500. The van der Waals surface area contributed by atoms with Crippen LogP contribution >= 0.6 is 0 Å². The molecule has 92 valence electrons. The van der Waals surface area contributed by atoms with E-state index in [4.69, 9.17) is 4.42 Å². The van der Waals surface area contributed by atoms with Crippen LogP contribution in [0.2, 0.25) is 0 Å². The summed E-state index contributed by atoms with van der Waals surface area (Å²) in [6, 6.07) is 1.62. The molecule has 0 radical (unpaired) electrons. The molecule has 1 saturated heterocycles. The van der Waals surface area contributed by atoms with Gasteiger partial charge in [0.05, 0.1) is 11.8 Å². The molecule has 2 amide bonds. The average molecular weight is 236 g/mol. The Morgan fingerprint density at radius 2 is 2.41 bits per heavy atom. The molecule has 1 aliphatic rings. The molecule has 2 heterocycles. The summed E-state index contributed by atoms with van der Waals surface area (Å²) < 4.78 is 4.82. The van der Waals surface area contributed by atoms with Gasteiger partial charge in [0.1, 0.15) is 6.26 Å².